The topological polar surface area (TPSA) is 38.9 Å². The normalized spacial score (nSPS) is 10.8. The number of halogens is 3. The molecule has 2 N–H and O–H groups in total. The van der Waals surface area contributed by atoms with Gasteiger partial charge in [-0.25, -0.2) is 18.2 Å². The van der Waals surface area contributed by atoms with Gasteiger partial charge in [0.2, 0.25) is 0 Å². The number of aryl methyl sites for hydroxylation is 1. The Morgan fingerprint density at radius 2 is 2.08 bits per heavy atom. The van der Waals surface area contributed by atoms with Crippen LogP contribution in [0, 0.1) is 12.7 Å². The molecule has 0 spiro atoms. The zero-order valence-electron chi connectivity index (χ0n) is 6.31. The van der Waals surface area contributed by atoms with Crippen LogP contribution in [0.3, 0.4) is 0 Å². The van der Waals surface area contributed by atoms with E-state index in [0.29, 0.717) is 6.07 Å². The van der Waals surface area contributed by atoms with Crippen LogP contribution in [0.25, 0.3) is 0 Å². The van der Waals surface area contributed by atoms with Crippen molar-refractivity contribution in [2.45, 2.75) is 13.3 Å². The van der Waals surface area contributed by atoms with E-state index in [1.807, 2.05) is 0 Å². The summed E-state index contributed by atoms with van der Waals surface area (Å²) in [6.45, 7) is 1.38. The maximum atomic E-state index is 12.7. The fraction of sp³-hybridized carbons (Fsp3) is 0.286. The monoisotopic (exact) mass is 176 g/mol. The van der Waals surface area contributed by atoms with Gasteiger partial charge in [0.15, 0.2) is 0 Å². The van der Waals surface area contributed by atoms with Gasteiger partial charge in [-0.1, -0.05) is 0 Å². The maximum absolute atomic E-state index is 12.7. The van der Waals surface area contributed by atoms with Crippen LogP contribution in [-0.4, -0.2) is 4.98 Å². The van der Waals surface area contributed by atoms with Crippen molar-refractivity contribution in [3.8, 4) is 0 Å². The smallest absolute Gasteiger partial charge is 0.280 e. The Balaban J connectivity index is 3.21. The molecule has 1 aromatic heterocycles. The second-order valence-corrected chi connectivity index (χ2v) is 2.33. The first kappa shape index (κ1) is 8.83. The molecule has 0 aliphatic carbocycles. The van der Waals surface area contributed by atoms with E-state index in [4.69, 9.17) is 5.73 Å². The third kappa shape index (κ3) is 1.49. The highest BCUT2D eigenvalue weighted by atomic mass is 19.3. The molecule has 12 heavy (non-hydrogen) atoms. The van der Waals surface area contributed by atoms with E-state index in [9.17, 15) is 13.2 Å². The molecule has 0 aliphatic heterocycles. The van der Waals surface area contributed by atoms with Crippen molar-refractivity contribution in [1.29, 1.82) is 0 Å². The molecule has 0 unspecified atom stereocenters. The minimum atomic E-state index is -2.77. The van der Waals surface area contributed by atoms with Gasteiger partial charge in [0.1, 0.15) is 11.5 Å². The van der Waals surface area contributed by atoms with Crippen molar-refractivity contribution in [1.82, 2.24) is 4.98 Å². The van der Waals surface area contributed by atoms with Crippen LogP contribution in [0.5, 0.6) is 0 Å². The van der Waals surface area contributed by atoms with Crippen LogP contribution >= 0.6 is 0 Å². The highest BCUT2D eigenvalue weighted by Crippen LogP contribution is 2.21. The van der Waals surface area contributed by atoms with Gasteiger partial charge < -0.3 is 5.73 Å². The largest absolute Gasteiger partial charge is 0.395 e. The van der Waals surface area contributed by atoms with Crippen LogP contribution in [-0.2, 0) is 0 Å². The predicted molar refractivity (Wildman–Crippen MR) is 38.3 cm³/mol. The van der Waals surface area contributed by atoms with Gasteiger partial charge in [-0.2, -0.15) is 0 Å². The lowest BCUT2D eigenvalue weighted by Crippen LogP contribution is -2.01. The molecule has 0 bridgehead atoms. The van der Waals surface area contributed by atoms with E-state index in [1.54, 1.807) is 0 Å². The Kier molecular flexibility index (Phi) is 2.21. The highest BCUT2D eigenvalue weighted by Gasteiger charge is 2.13. The number of aromatic nitrogens is 1. The average molecular weight is 176 g/mol. The first-order chi connectivity index (χ1) is 5.52. The fourth-order valence-electron chi connectivity index (χ4n) is 0.778. The Hall–Kier alpha value is -1.26. The quantitative estimate of drug-likeness (QED) is 0.711. The minimum absolute atomic E-state index is 0.0882. The van der Waals surface area contributed by atoms with E-state index in [0.717, 1.165) is 0 Å². The number of hydrogen-bond acceptors (Lipinski definition) is 2. The molecular formula is C7H7F3N2. The Morgan fingerprint density at radius 3 is 2.50 bits per heavy atom. The summed E-state index contributed by atoms with van der Waals surface area (Å²) in [6, 6.07) is 0.646. The molecule has 1 rings (SSSR count). The molecule has 66 valence electrons. The molecule has 0 saturated carbocycles. The number of pyridine rings is 1. The third-order valence-electron chi connectivity index (χ3n) is 1.44. The molecule has 2 nitrogen and oxygen atoms in total. The second-order valence-electron chi connectivity index (χ2n) is 2.33. The number of hydrogen-bond donors (Lipinski definition) is 1. The Labute approximate surface area is 67.2 Å². The molecule has 0 fully saturated rings. The summed E-state index contributed by atoms with van der Waals surface area (Å²) in [4.78, 5) is 3.42. The predicted octanol–water partition coefficient (Wildman–Crippen LogP) is 2.05. The standard InChI is InChI=1S/C7H7F3N2/c1-3-6(11)4(8)2-5(12-3)7(9)10/h2,7H,11H2,1H3. The molecular weight excluding hydrogens is 169 g/mol. The first-order valence-electron chi connectivity index (χ1n) is 3.23. The number of alkyl halides is 2. The molecule has 1 aromatic rings. The molecule has 0 amide bonds. The number of nitrogens with two attached hydrogens (primary N) is 1. The summed E-state index contributed by atoms with van der Waals surface area (Å²) in [5.74, 6) is -0.849. The summed E-state index contributed by atoms with van der Waals surface area (Å²) < 4.78 is 36.7. The van der Waals surface area contributed by atoms with Gasteiger partial charge in [-0.3, -0.25) is 0 Å². The molecule has 0 radical (unpaired) electrons. The summed E-state index contributed by atoms with van der Waals surface area (Å²) in [7, 11) is 0. The van der Waals surface area contributed by atoms with Crippen molar-refractivity contribution in [2.75, 3.05) is 5.73 Å². The third-order valence-corrected chi connectivity index (χ3v) is 1.44. The van der Waals surface area contributed by atoms with Gasteiger partial charge >= 0.3 is 0 Å². The van der Waals surface area contributed by atoms with E-state index < -0.39 is 17.9 Å². The summed E-state index contributed by atoms with van der Waals surface area (Å²) in [6.07, 6.45) is -2.77. The van der Waals surface area contributed by atoms with Crippen molar-refractivity contribution in [2.24, 2.45) is 0 Å². The lowest BCUT2D eigenvalue weighted by molar-refractivity contribution is 0.145. The van der Waals surface area contributed by atoms with Gasteiger partial charge in [0.25, 0.3) is 6.43 Å². The van der Waals surface area contributed by atoms with Crippen LogP contribution in [0.15, 0.2) is 6.07 Å². The minimum Gasteiger partial charge on any atom is -0.395 e. The number of nitrogens with zero attached hydrogens (tertiary/aromatic N) is 1. The molecule has 0 saturated heterocycles. The van der Waals surface area contributed by atoms with Crippen molar-refractivity contribution < 1.29 is 13.2 Å². The van der Waals surface area contributed by atoms with Crippen LogP contribution in [0.1, 0.15) is 17.8 Å². The summed E-state index contributed by atoms with van der Waals surface area (Å²) in [5.41, 5.74) is 4.49. The first-order valence-corrected chi connectivity index (χ1v) is 3.23. The van der Waals surface area contributed by atoms with Gasteiger partial charge in [0, 0.05) is 6.07 Å². The van der Waals surface area contributed by atoms with Crippen LogP contribution < -0.4 is 5.73 Å². The lowest BCUT2D eigenvalue weighted by Gasteiger charge is -2.03. The van der Waals surface area contributed by atoms with Gasteiger partial charge in [-0.05, 0) is 6.92 Å². The van der Waals surface area contributed by atoms with E-state index in [-0.39, 0.29) is 11.4 Å². The lowest BCUT2D eigenvalue weighted by atomic mass is 10.2. The summed E-state index contributed by atoms with van der Waals surface area (Å²) in [5, 5.41) is 0. The zero-order chi connectivity index (χ0) is 9.30. The molecule has 1 heterocycles. The maximum Gasteiger partial charge on any atom is 0.280 e. The second kappa shape index (κ2) is 3.00. The Bertz CT molecular complexity index is 276. The van der Waals surface area contributed by atoms with E-state index in [1.165, 1.54) is 6.92 Å². The SMILES string of the molecule is Cc1nc(C(F)F)cc(F)c1N. The number of anilines is 1. The van der Waals surface area contributed by atoms with E-state index >= 15 is 0 Å². The van der Waals surface area contributed by atoms with Gasteiger partial charge in [-0.15, -0.1) is 0 Å². The molecule has 0 aromatic carbocycles. The number of nitrogen functional groups attached to an aromatic ring is 1. The van der Waals surface area contributed by atoms with Crippen molar-refractivity contribution >= 4 is 5.69 Å². The van der Waals surface area contributed by atoms with Crippen molar-refractivity contribution in [3.05, 3.63) is 23.3 Å². The fourth-order valence-corrected chi connectivity index (χ4v) is 0.778. The molecule has 0 atom stereocenters. The molecule has 5 heteroatoms. The summed E-state index contributed by atoms with van der Waals surface area (Å²) >= 11 is 0. The molecule has 0 aliphatic rings. The zero-order valence-corrected chi connectivity index (χ0v) is 6.31. The number of rotatable bonds is 1. The highest BCUT2D eigenvalue weighted by molar-refractivity contribution is 5.44. The van der Waals surface area contributed by atoms with Crippen LogP contribution in [0.2, 0.25) is 0 Å². The Morgan fingerprint density at radius 1 is 1.50 bits per heavy atom. The van der Waals surface area contributed by atoms with E-state index in [2.05, 4.69) is 4.98 Å². The van der Waals surface area contributed by atoms with Gasteiger partial charge in [0.05, 0.1) is 11.4 Å². The van der Waals surface area contributed by atoms with Crippen LogP contribution in [0.4, 0.5) is 18.9 Å². The van der Waals surface area contributed by atoms with Crippen molar-refractivity contribution in [3.63, 3.8) is 0 Å². The average Bonchev–Trinajstić information content (AvgIpc) is 1.99.